The number of ether oxygens (including phenoxy) is 2. The van der Waals surface area contributed by atoms with Crippen LogP contribution in [0.4, 0.5) is 5.95 Å². The molecule has 0 saturated carbocycles. The number of fused-ring (bicyclic) bond motifs is 1. The minimum absolute atomic E-state index is 0.0698. The predicted molar refractivity (Wildman–Crippen MR) is 87.8 cm³/mol. The van der Waals surface area contributed by atoms with Gasteiger partial charge in [0.05, 0.1) is 12.4 Å². The molecule has 0 aliphatic carbocycles. The predicted octanol–water partition coefficient (Wildman–Crippen LogP) is -0.946. The molecular weight excluding hydrogens is 371 g/mol. The number of aromatic nitrogens is 4. The van der Waals surface area contributed by atoms with E-state index in [1.54, 1.807) is 0 Å². The molecule has 1 aliphatic heterocycles. The van der Waals surface area contributed by atoms with Crippen LogP contribution >= 0.6 is 7.82 Å². The highest BCUT2D eigenvalue weighted by molar-refractivity contribution is 7.47. The molecule has 3 rings (SSSR count). The number of nitrogens with one attached hydrogen (secondary N) is 1. The minimum atomic E-state index is -4.23. The van der Waals surface area contributed by atoms with Crippen molar-refractivity contribution >= 4 is 24.9 Å². The zero-order valence-electron chi connectivity index (χ0n) is 14.0. The lowest BCUT2D eigenvalue weighted by Gasteiger charge is -2.27. The summed E-state index contributed by atoms with van der Waals surface area (Å²) in [6, 6.07) is -0.612. The maximum atomic E-state index is 11.9. The smallest absolute Gasteiger partial charge is 0.369 e. The van der Waals surface area contributed by atoms with Gasteiger partial charge in [-0.3, -0.25) is 23.4 Å². The molecule has 2 aromatic rings. The molecule has 0 amide bonds. The van der Waals surface area contributed by atoms with E-state index in [2.05, 4.69) is 19.5 Å². The molecule has 4 atom stereocenters. The number of nitrogens with two attached hydrogens (primary N) is 2. The first-order valence-corrected chi connectivity index (χ1v) is 8.94. The zero-order valence-corrected chi connectivity index (χ0v) is 14.9. The Hall–Kier alpha value is -1.86. The van der Waals surface area contributed by atoms with Gasteiger partial charge in [-0.15, -0.1) is 0 Å². The minimum Gasteiger partial charge on any atom is -0.369 e. The van der Waals surface area contributed by atoms with Crippen molar-refractivity contribution in [2.45, 2.75) is 24.5 Å². The van der Waals surface area contributed by atoms with Crippen molar-refractivity contribution in [1.29, 1.82) is 0 Å². The standard InChI is InChI=1S/C12H19N6O7P/c1-22-12(4-24-26(20,21)23-2)3-6(13)10(25-12)18-5-15-7-8(18)16-11(14)17-9(7)19/h5-6,10H,3-4,13H2,1-2H3,(H,20,21)(H3,14,16,17,19). The molecular formula is C12H19N6O7P. The van der Waals surface area contributed by atoms with Gasteiger partial charge >= 0.3 is 7.82 Å². The number of phosphoric ester groups is 1. The van der Waals surface area contributed by atoms with Gasteiger partial charge in [-0.25, -0.2) is 9.55 Å². The number of nitrogens with zero attached hydrogens (tertiary/aromatic N) is 3. The van der Waals surface area contributed by atoms with Gasteiger partial charge in [0.1, 0.15) is 6.61 Å². The number of methoxy groups -OCH3 is 1. The molecule has 0 radical (unpaired) electrons. The second-order valence-corrected chi connectivity index (χ2v) is 7.25. The van der Waals surface area contributed by atoms with E-state index in [-0.39, 0.29) is 23.5 Å². The first kappa shape index (κ1) is 18.9. The Morgan fingerprint density at radius 1 is 1.58 bits per heavy atom. The summed E-state index contributed by atoms with van der Waals surface area (Å²) >= 11 is 0. The van der Waals surface area contributed by atoms with Crippen LogP contribution in [-0.4, -0.2) is 57.1 Å². The molecule has 0 spiro atoms. The lowest BCUT2D eigenvalue weighted by Crippen LogP contribution is -2.37. The van der Waals surface area contributed by atoms with Crippen molar-refractivity contribution in [3.8, 4) is 0 Å². The fourth-order valence-corrected chi connectivity index (χ4v) is 3.19. The molecule has 0 aromatic carbocycles. The Kier molecular flexibility index (Phi) is 4.88. The number of anilines is 1. The number of imidazole rings is 1. The van der Waals surface area contributed by atoms with Crippen molar-refractivity contribution < 1.29 is 28.0 Å². The molecule has 3 heterocycles. The second kappa shape index (κ2) is 6.70. The van der Waals surface area contributed by atoms with Gasteiger partial charge in [0, 0.05) is 20.6 Å². The molecule has 1 saturated heterocycles. The molecule has 0 bridgehead atoms. The average molecular weight is 390 g/mol. The van der Waals surface area contributed by atoms with E-state index in [9.17, 15) is 14.3 Å². The third-order valence-electron chi connectivity index (χ3n) is 4.02. The topological polar surface area (TPSA) is 190 Å². The van der Waals surface area contributed by atoms with Crippen LogP contribution in [0.2, 0.25) is 0 Å². The Balaban J connectivity index is 1.91. The van der Waals surface area contributed by atoms with Crippen LogP contribution in [-0.2, 0) is 23.1 Å². The Bertz CT molecular complexity index is 915. The lowest BCUT2D eigenvalue weighted by atomic mass is 10.1. The van der Waals surface area contributed by atoms with Crippen molar-refractivity contribution in [1.82, 2.24) is 19.5 Å². The summed E-state index contributed by atoms with van der Waals surface area (Å²) in [6.07, 6.45) is 0.657. The van der Waals surface area contributed by atoms with E-state index in [1.807, 2.05) is 0 Å². The quantitative estimate of drug-likeness (QED) is 0.445. The maximum Gasteiger partial charge on any atom is 0.472 e. The van der Waals surface area contributed by atoms with E-state index >= 15 is 0 Å². The van der Waals surface area contributed by atoms with E-state index in [0.717, 1.165) is 7.11 Å². The summed E-state index contributed by atoms with van der Waals surface area (Å²) in [5.74, 6) is -1.48. The van der Waals surface area contributed by atoms with Crippen molar-refractivity contribution in [3.63, 3.8) is 0 Å². The Morgan fingerprint density at radius 2 is 2.31 bits per heavy atom. The lowest BCUT2D eigenvalue weighted by molar-refractivity contribution is -0.239. The van der Waals surface area contributed by atoms with Gasteiger partial charge < -0.3 is 25.8 Å². The highest BCUT2D eigenvalue weighted by Gasteiger charge is 2.48. The van der Waals surface area contributed by atoms with E-state index < -0.39 is 38.0 Å². The second-order valence-electron chi connectivity index (χ2n) is 5.69. The molecule has 2 aromatic heterocycles. The van der Waals surface area contributed by atoms with Gasteiger partial charge in [-0.1, -0.05) is 0 Å². The molecule has 144 valence electrons. The fraction of sp³-hybridized carbons (Fsp3) is 0.583. The van der Waals surface area contributed by atoms with Crippen LogP contribution in [0.1, 0.15) is 12.6 Å². The van der Waals surface area contributed by atoms with Gasteiger partial charge in [-0.2, -0.15) is 4.98 Å². The van der Waals surface area contributed by atoms with E-state index in [0.29, 0.717) is 0 Å². The van der Waals surface area contributed by atoms with Crippen LogP contribution in [0.25, 0.3) is 11.2 Å². The van der Waals surface area contributed by atoms with Crippen molar-refractivity contribution in [2.24, 2.45) is 5.73 Å². The summed E-state index contributed by atoms with van der Waals surface area (Å²) in [6.45, 7) is -0.405. The number of nitrogen functional groups attached to an aromatic ring is 1. The molecule has 6 N–H and O–H groups in total. The van der Waals surface area contributed by atoms with Gasteiger partial charge in [0.25, 0.3) is 5.56 Å². The molecule has 1 fully saturated rings. The summed E-state index contributed by atoms with van der Waals surface area (Å²) in [7, 11) is -1.84. The fourth-order valence-electron chi connectivity index (χ4n) is 2.72. The number of H-pyrrole nitrogens is 1. The number of aromatic amines is 1. The van der Waals surface area contributed by atoms with Crippen molar-refractivity contribution in [3.05, 3.63) is 16.7 Å². The Morgan fingerprint density at radius 3 is 2.96 bits per heavy atom. The first-order chi connectivity index (χ1) is 12.2. The highest BCUT2D eigenvalue weighted by Crippen LogP contribution is 2.45. The number of hydrogen-bond acceptors (Lipinski definition) is 10. The highest BCUT2D eigenvalue weighted by atomic mass is 31.2. The van der Waals surface area contributed by atoms with Gasteiger partial charge in [-0.05, 0) is 0 Å². The van der Waals surface area contributed by atoms with Gasteiger partial charge in [0.2, 0.25) is 5.95 Å². The summed E-state index contributed by atoms with van der Waals surface area (Å²) in [4.78, 5) is 31.7. The molecule has 13 nitrogen and oxygen atoms in total. The maximum absolute atomic E-state index is 11.9. The Labute approximate surface area is 146 Å². The van der Waals surface area contributed by atoms with Crippen LogP contribution in [0.3, 0.4) is 0 Å². The van der Waals surface area contributed by atoms with Crippen LogP contribution in [0.5, 0.6) is 0 Å². The van der Waals surface area contributed by atoms with Crippen molar-refractivity contribution in [2.75, 3.05) is 26.6 Å². The number of rotatable bonds is 6. The first-order valence-electron chi connectivity index (χ1n) is 7.44. The molecule has 26 heavy (non-hydrogen) atoms. The van der Waals surface area contributed by atoms with E-state index in [4.69, 9.17) is 25.5 Å². The summed E-state index contributed by atoms with van der Waals surface area (Å²) in [5, 5.41) is 0. The third-order valence-corrected chi connectivity index (χ3v) is 4.94. The summed E-state index contributed by atoms with van der Waals surface area (Å²) < 4.78 is 33.4. The monoisotopic (exact) mass is 390 g/mol. The van der Waals surface area contributed by atoms with Gasteiger partial charge in [0.15, 0.2) is 23.2 Å². The molecule has 14 heteroatoms. The normalized spacial score (nSPS) is 28.5. The average Bonchev–Trinajstić information content (AvgIpc) is 3.15. The largest absolute Gasteiger partial charge is 0.472 e. The molecule has 1 aliphatic rings. The zero-order chi connectivity index (χ0) is 19.1. The van der Waals surface area contributed by atoms with E-state index in [1.165, 1.54) is 18.0 Å². The third kappa shape index (κ3) is 3.38. The SMILES string of the molecule is COC1(COP(=O)(O)OC)CC(N)C(n2cnc3c(=O)[nH]c(N)nc32)O1. The molecule has 4 unspecified atom stereocenters. The van der Waals surface area contributed by atoms with Crippen LogP contribution in [0.15, 0.2) is 11.1 Å². The number of hydrogen-bond donors (Lipinski definition) is 4. The summed E-state index contributed by atoms with van der Waals surface area (Å²) in [5.41, 5.74) is 11.5. The van der Waals surface area contributed by atoms with Crippen LogP contribution in [0, 0.1) is 0 Å². The number of phosphoric acid groups is 1. The van der Waals surface area contributed by atoms with Crippen LogP contribution < -0.4 is 17.0 Å².